The number of ether oxygens (including phenoxy) is 1. The number of rotatable bonds is 8. The summed E-state index contributed by atoms with van der Waals surface area (Å²) in [6.45, 7) is 6.18. The predicted octanol–water partition coefficient (Wildman–Crippen LogP) is 2.00. The van der Waals surface area contributed by atoms with Crippen molar-refractivity contribution in [2.24, 2.45) is 0 Å². The first-order chi connectivity index (χ1) is 7.10. The SMILES string of the molecule is CCC(C)OC(CC)[Si](OC)(OC)OC. The maximum absolute atomic E-state index is 5.87. The van der Waals surface area contributed by atoms with Crippen molar-refractivity contribution < 1.29 is 18.0 Å². The van der Waals surface area contributed by atoms with Gasteiger partial charge in [-0.25, -0.2) is 0 Å². The van der Waals surface area contributed by atoms with Crippen molar-refractivity contribution in [3.05, 3.63) is 0 Å². The molecule has 0 aromatic heterocycles. The van der Waals surface area contributed by atoms with Crippen LogP contribution in [0.2, 0.25) is 0 Å². The Hall–Kier alpha value is 0.0569. The summed E-state index contributed by atoms with van der Waals surface area (Å²) < 4.78 is 22.1. The van der Waals surface area contributed by atoms with Gasteiger partial charge in [0.1, 0.15) is 5.73 Å². The van der Waals surface area contributed by atoms with Gasteiger partial charge in [0.15, 0.2) is 0 Å². The summed E-state index contributed by atoms with van der Waals surface area (Å²) in [5, 5.41) is 0. The monoisotopic (exact) mass is 236 g/mol. The molecular formula is C10H24O4Si. The lowest BCUT2D eigenvalue weighted by molar-refractivity contribution is -0.0235. The summed E-state index contributed by atoms with van der Waals surface area (Å²) in [5.41, 5.74) is -0.0903. The van der Waals surface area contributed by atoms with Crippen molar-refractivity contribution in [3.8, 4) is 0 Å². The van der Waals surface area contributed by atoms with Crippen LogP contribution in [0.25, 0.3) is 0 Å². The third-order valence-corrected chi connectivity index (χ3v) is 5.63. The van der Waals surface area contributed by atoms with Gasteiger partial charge in [-0.3, -0.25) is 0 Å². The average molecular weight is 236 g/mol. The van der Waals surface area contributed by atoms with E-state index in [2.05, 4.69) is 6.92 Å². The minimum atomic E-state index is -2.65. The molecule has 0 rings (SSSR count). The first-order valence-corrected chi connectivity index (χ1v) is 7.21. The van der Waals surface area contributed by atoms with E-state index in [0.717, 1.165) is 12.8 Å². The molecule has 0 aliphatic heterocycles. The van der Waals surface area contributed by atoms with Crippen molar-refractivity contribution in [3.63, 3.8) is 0 Å². The first-order valence-electron chi connectivity index (χ1n) is 5.41. The standard InChI is InChI=1S/C10H24O4Si/c1-7-9(3)14-10(8-2)15(11-4,12-5)13-6/h9-10H,7-8H2,1-6H3. The van der Waals surface area contributed by atoms with Crippen molar-refractivity contribution in [1.29, 1.82) is 0 Å². The van der Waals surface area contributed by atoms with Crippen LogP contribution in [0, 0.1) is 0 Å². The van der Waals surface area contributed by atoms with Gasteiger partial charge in [-0.05, 0) is 19.8 Å². The maximum atomic E-state index is 5.87. The van der Waals surface area contributed by atoms with Gasteiger partial charge in [0, 0.05) is 21.3 Å². The van der Waals surface area contributed by atoms with Crippen molar-refractivity contribution in [1.82, 2.24) is 0 Å². The molecule has 0 radical (unpaired) electrons. The van der Waals surface area contributed by atoms with E-state index in [1.807, 2.05) is 13.8 Å². The third-order valence-electron chi connectivity index (χ3n) is 2.59. The molecule has 0 aliphatic carbocycles. The van der Waals surface area contributed by atoms with Gasteiger partial charge in [0.25, 0.3) is 0 Å². The molecular weight excluding hydrogens is 212 g/mol. The van der Waals surface area contributed by atoms with Crippen molar-refractivity contribution in [2.45, 2.75) is 45.4 Å². The van der Waals surface area contributed by atoms with Crippen LogP contribution >= 0.6 is 0 Å². The molecule has 15 heavy (non-hydrogen) atoms. The second-order valence-electron chi connectivity index (χ2n) is 3.47. The van der Waals surface area contributed by atoms with Gasteiger partial charge in [0.05, 0.1) is 6.10 Å². The minimum Gasteiger partial charge on any atom is -0.375 e. The Morgan fingerprint density at radius 3 is 1.67 bits per heavy atom. The summed E-state index contributed by atoms with van der Waals surface area (Å²) in [6, 6.07) is 0. The molecule has 0 bridgehead atoms. The number of hydrogen-bond acceptors (Lipinski definition) is 4. The fourth-order valence-corrected chi connectivity index (χ4v) is 3.64. The van der Waals surface area contributed by atoms with E-state index in [9.17, 15) is 0 Å². The molecule has 0 aromatic carbocycles. The minimum absolute atomic E-state index is 0.0903. The third kappa shape index (κ3) is 3.84. The van der Waals surface area contributed by atoms with Crippen LogP contribution in [0.15, 0.2) is 0 Å². The fourth-order valence-electron chi connectivity index (χ4n) is 1.45. The molecule has 0 saturated heterocycles. The largest absolute Gasteiger partial charge is 0.530 e. The molecule has 2 unspecified atom stereocenters. The van der Waals surface area contributed by atoms with Crippen LogP contribution in [0.4, 0.5) is 0 Å². The zero-order chi connectivity index (χ0) is 11.9. The molecule has 4 nitrogen and oxygen atoms in total. The second-order valence-corrected chi connectivity index (χ2v) is 6.54. The van der Waals surface area contributed by atoms with Crippen LogP contribution in [0.1, 0.15) is 33.6 Å². The van der Waals surface area contributed by atoms with Crippen LogP contribution in [0.5, 0.6) is 0 Å². The van der Waals surface area contributed by atoms with E-state index in [-0.39, 0.29) is 11.8 Å². The zero-order valence-corrected chi connectivity index (χ0v) is 11.7. The molecule has 0 aromatic rings. The average Bonchev–Trinajstić information content (AvgIpc) is 2.29. The van der Waals surface area contributed by atoms with Gasteiger partial charge in [0.2, 0.25) is 0 Å². The molecule has 0 aliphatic rings. The van der Waals surface area contributed by atoms with Crippen molar-refractivity contribution in [2.75, 3.05) is 21.3 Å². The molecule has 5 heteroatoms. The summed E-state index contributed by atoms with van der Waals surface area (Å²) in [7, 11) is 2.19. The highest BCUT2D eigenvalue weighted by atomic mass is 28.4. The molecule has 0 fully saturated rings. The van der Waals surface area contributed by atoms with Gasteiger partial charge < -0.3 is 18.0 Å². The van der Waals surface area contributed by atoms with E-state index >= 15 is 0 Å². The summed E-state index contributed by atoms with van der Waals surface area (Å²) in [4.78, 5) is 0. The predicted molar refractivity (Wildman–Crippen MR) is 61.7 cm³/mol. The first kappa shape index (κ1) is 15.1. The lowest BCUT2D eigenvalue weighted by Gasteiger charge is -2.33. The highest BCUT2D eigenvalue weighted by molar-refractivity contribution is 6.62. The van der Waals surface area contributed by atoms with Crippen LogP contribution in [-0.2, 0) is 18.0 Å². The highest BCUT2D eigenvalue weighted by Gasteiger charge is 2.48. The second kappa shape index (κ2) is 7.35. The summed E-state index contributed by atoms with van der Waals surface area (Å²) in [6.07, 6.45) is 1.99. The van der Waals surface area contributed by atoms with Gasteiger partial charge in [-0.2, -0.15) is 0 Å². The summed E-state index contributed by atoms with van der Waals surface area (Å²) >= 11 is 0. The van der Waals surface area contributed by atoms with E-state index in [0.29, 0.717) is 0 Å². The van der Waals surface area contributed by atoms with E-state index in [1.165, 1.54) is 0 Å². The fraction of sp³-hybridized carbons (Fsp3) is 1.00. The molecule has 0 heterocycles. The van der Waals surface area contributed by atoms with Gasteiger partial charge in [-0.15, -0.1) is 0 Å². The molecule has 0 spiro atoms. The van der Waals surface area contributed by atoms with Gasteiger partial charge >= 0.3 is 8.80 Å². The van der Waals surface area contributed by atoms with E-state index in [4.69, 9.17) is 18.0 Å². The Balaban J connectivity index is 4.58. The quantitative estimate of drug-likeness (QED) is 0.604. The lowest BCUT2D eigenvalue weighted by atomic mass is 10.3. The normalized spacial score (nSPS) is 16.4. The lowest BCUT2D eigenvalue weighted by Crippen LogP contribution is -2.56. The summed E-state index contributed by atoms with van der Waals surface area (Å²) in [5.74, 6) is 0. The smallest absolute Gasteiger partial charge is 0.375 e. The Morgan fingerprint density at radius 1 is 0.933 bits per heavy atom. The molecule has 2 atom stereocenters. The maximum Gasteiger partial charge on any atom is 0.530 e. The Kier molecular flexibility index (Phi) is 7.38. The molecule has 92 valence electrons. The van der Waals surface area contributed by atoms with Crippen LogP contribution in [0.3, 0.4) is 0 Å². The van der Waals surface area contributed by atoms with Gasteiger partial charge in [-0.1, -0.05) is 13.8 Å². The van der Waals surface area contributed by atoms with E-state index in [1.54, 1.807) is 21.3 Å². The topological polar surface area (TPSA) is 36.9 Å². The van der Waals surface area contributed by atoms with E-state index < -0.39 is 8.80 Å². The number of hydrogen-bond donors (Lipinski definition) is 0. The highest BCUT2D eigenvalue weighted by Crippen LogP contribution is 2.20. The Bertz CT molecular complexity index is 153. The van der Waals surface area contributed by atoms with Crippen LogP contribution in [-0.4, -0.2) is 42.0 Å². The Morgan fingerprint density at radius 2 is 1.40 bits per heavy atom. The molecule has 0 N–H and O–H groups in total. The Labute approximate surface area is 94.2 Å². The molecule has 0 saturated carbocycles. The van der Waals surface area contributed by atoms with Crippen LogP contribution < -0.4 is 0 Å². The van der Waals surface area contributed by atoms with Crippen molar-refractivity contribution >= 4 is 8.80 Å². The zero-order valence-electron chi connectivity index (χ0n) is 10.7. The molecule has 0 amide bonds.